The number of quaternary nitrogens is 1. The van der Waals surface area contributed by atoms with Crippen molar-refractivity contribution in [2.24, 2.45) is 0 Å². The van der Waals surface area contributed by atoms with Crippen LogP contribution in [0, 0.1) is 10.1 Å². The minimum atomic E-state index is -0.724. The lowest BCUT2D eigenvalue weighted by atomic mass is 9.98. The normalized spacial score (nSPS) is 15.6. The van der Waals surface area contributed by atoms with Gasteiger partial charge < -0.3 is 14.2 Å². The molecule has 1 N–H and O–H groups in total. The zero-order valence-electron chi connectivity index (χ0n) is 17.5. The van der Waals surface area contributed by atoms with E-state index >= 15 is 0 Å². The van der Waals surface area contributed by atoms with Crippen molar-refractivity contribution in [1.29, 1.82) is 0 Å². The number of fused-ring (bicyclic) bond motifs is 2. The molecule has 0 unspecified atom stereocenters. The number of nitrogens with zero attached hydrogens (tertiary/aromatic N) is 2. The first-order chi connectivity index (χ1) is 15.0. The summed E-state index contributed by atoms with van der Waals surface area (Å²) in [5.41, 5.74) is 0.767. The summed E-state index contributed by atoms with van der Waals surface area (Å²) in [6, 6.07) is 12.2. The molecule has 0 bridgehead atoms. The Hall–Kier alpha value is -3.52. The Morgan fingerprint density at radius 2 is 1.84 bits per heavy atom. The fraction of sp³-hybridized carbons (Fsp3) is 0.304. The zero-order chi connectivity index (χ0) is 22.1. The Bertz CT molecular complexity index is 1220. The lowest BCUT2D eigenvalue weighted by Gasteiger charge is -2.26. The van der Waals surface area contributed by atoms with E-state index in [4.69, 9.17) is 4.42 Å². The van der Waals surface area contributed by atoms with E-state index in [-0.39, 0.29) is 28.3 Å². The number of non-ortho nitro benzene ring substituents is 1. The molecule has 4 rings (SSSR count). The highest BCUT2D eigenvalue weighted by molar-refractivity contribution is 5.99. The number of hydrogen-bond acceptors (Lipinski definition) is 5. The van der Waals surface area contributed by atoms with E-state index in [9.17, 15) is 19.7 Å². The summed E-state index contributed by atoms with van der Waals surface area (Å²) >= 11 is 0. The number of carbonyl (C=O) groups excluding carboxylic acids is 1. The molecule has 1 aliphatic heterocycles. The van der Waals surface area contributed by atoms with Gasteiger partial charge in [0, 0.05) is 12.1 Å². The number of carbonyl (C=O) groups is 1. The lowest BCUT2D eigenvalue weighted by Crippen LogP contribution is -3.12. The summed E-state index contributed by atoms with van der Waals surface area (Å²) in [6.07, 6.45) is 0. The third-order valence-electron chi connectivity index (χ3n) is 5.98. The maximum atomic E-state index is 13.4. The minimum absolute atomic E-state index is 0.0229. The van der Waals surface area contributed by atoms with E-state index in [0.717, 1.165) is 13.1 Å². The predicted molar refractivity (Wildman–Crippen MR) is 115 cm³/mol. The van der Waals surface area contributed by atoms with Crippen molar-refractivity contribution in [3.8, 4) is 0 Å². The van der Waals surface area contributed by atoms with Gasteiger partial charge in [-0.2, -0.15) is 0 Å². The summed E-state index contributed by atoms with van der Waals surface area (Å²) in [5.74, 6) is -0.337. The molecule has 2 heterocycles. The fourth-order valence-corrected chi connectivity index (χ4v) is 4.23. The largest absolute Gasteiger partial charge is 0.450 e. The van der Waals surface area contributed by atoms with Crippen LogP contribution < -0.4 is 10.3 Å². The maximum absolute atomic E-state index is 13.4. The Kier molecular flexibility index (Phi) is 5.56. The molecule has 2 aromatic carbocycles. The van der Waals surface area contributed by atoms with Gasteiger partial charge in [0.2, 0.25) is 5.76 Å². The van der Waals surface area contributed by atoms with Crippen LogP contribution in [0.4, 0.5) is 5.69 Å². The molecule has 1 aliphatic rings. The Balaban J connectivity index is 1.88. The van der Waals surface area contributed by atoms with E-state index in [0.29, 0.717) is 29.6 Å². The SMILES string of the molecule is CC[NH+](CC)CCN1C(=O)c2oc3ccccc3c(=O)c2[C@H]1c1cccc([N+](=O)[O-])c1. The molecule has 160 valence electrons. The van der Waals surface area contributed by atoms with Crippen LogP contribution in [0.2, 0.25) is 0 Å². The van der Waals surface area contributed by atoms with Gasteiger partial charge in [-0.3, -0.25) is 19.7 Å². The quantitative estimate of drug-likeness (QED) is 0.465. The summed E-state index contributed by atoms with van der Waals surface area (Å²) < 4.78 is 5.88. The van der Waals surface area contributed by atoms with Crippen molar-refractivity contribution in [1.82, 2.24) is 4.90 Å². The van der Waals surface area contributed by atoms with Crippen LogP contribution in [-0.2, 0) is 0 Å². The molecule has 1 atom stereocenters. The van der Waals surface area contributed by atoms with Gasteiger partial charge >= 0.3 is 0 Å². The number of nitrogens with one attached hydrogen (secondary N) is 1. The van der Waals surface area contributed by atoms with Crippen molar-refractivity contribution in [3.05, 3.63) is 85.8 Å². The fourth-order valence-electron chi connectivity index (χ4n) is 4.23. The summed E-state index contributed by atoms with van der Waals surface area (Å²) in [4.78, 5) is 40.5. The summed E-state index contributed by atoms with van der Waals surface area (Å²) in [6.45, 7) is 7.08. The zero-order valence-corrected chi connectivity index (χ0v) is 17.5. The second-order valence-electron chi connectivity index (χ2n) is 7.63. The molecule has 8 heteroatoms. The molecule has 0 aliphatic carbocycles. The number of rotatable bonds is 7. The van der Waals surface area contributed by atoms with Crippen LogP contribution in [-0.4, -0.2) is 41.9 Å². The first-order valence-corrected chi connectivity index (χ1v) is 10.4. The Morgan fingerprint density at radius 3 is 2.55 bits per heavy atom. The third-order valence-corrected chi connectivity index (χ3v) is 5.98. The van der Waals surface area contributed by atoms with E-state index < -0.39 is 11.0 Å². The minimum Gasteiger partial charge on any atom is -0.450 e. The average Bonchev–Trinajstić information content (AvgIpc) is 3.07. The van der Waals surface area contributed by atoms with Crippen molar-refractivity contribution >= 4 is 22.6 Å². The van der Waals surface area contributed by atoms with Crippen molar-refractivity contribution in [3.63, 3.8) is 0 Å². The molecule has 1 amide bonds. The Morgan fingerprint density at radius 1 is 1.10 bits per heavy atom. The highest BCUT2D eigenvalue weighted by Gasteiger charge is 2.43. The molecular weight excluding hydrogens is 398 g/mol. The molecule has 0 saturated heterocycles. The molecule has 0 fully saturated rings. The maximum Gasteiger partial charge on any atom is 0.291 e. The highest BCUT2D eigenvalue weighted by atomic mass is 16.6. The molecule has 0 spiro atoms. The molecule has 3 aromatic rings. The van der Waals surface area contributed by atoms with Gasteiger partial charge in [0.05, 0.1) is 48.1 Å². The van der Waals surface area contributed by atoms with Crippen LogP contribution >= 0.6 is 0 Å². The van der Waals surface area contributed by atoms with Gasteiger partial charge in [0.15, 0.2) is 5.43 Å². The van der Waals surface area contributed by atoms with Crippen LogP contribution in [0.5, 0.6) is 0 Å². The highest BCUT2D eigenvalue weighted by Crippen LogP contribution is 2.38. The summed E-state index contributed by atoms with van der Waals surface area (Å²) in [5, 5.41) is 11.7. The van der Waals surface area contributed by atoms with Crippen molar-refractivity contribution < 1.29 is 19.0 Å². The van der Waals surface area contributed by atoms with E-state index in [1.807, 2.05) is 0 Å². The molecule has 0 radical (unpaired) electrons. The van der Waals surface area contributed by atoms with Crippen LogP contribution in [0.1, 0.15) is 41.6 Å². The van der Waals surface area contributed by atoms with Gasteiger partial charge in [0.25, 0.3) is 11.6 Å². The van der Waals surface area contributed by atoms with Gasteiger partial charge in [0.1, 0.15) is 5.58 Å². The smallest absolute Gasteiger partial charge is 0.291 e. The number of amides is 1. The monoisotopic (exact) mass is 422 g/mol. The number of hydrogen-bond donors (Lipinski definition) is 1. The molecule has 1 aromatic heterocycles. The average molecular weight is 422 g/mol. The molecule has 8 nitrogen and oxygen atoms in total. The molecule has 0 saturated carbocycles. The van der Waals surface area contributed by atoms with E-state index in [2.05, 4.69) is 13.8 Å². The number of nitro benzene ring substituents is 1. The number of benzene rings is 2. The predicted octanol–water partition coefficient (Wildman–Crippen LogP) is 2.17. The Labute approximate surface area is 178 Å². The van der Waals surface area contributed by atoms with Crippen LogP contribution in [0.15, 0.2) is 57.7 Å². The molecular formula is C23H24N3O5+. The van der Waals surface area contributed by atoms with E-state index in [1.165, 1.54) is 17.0 Å². The van der Waals surface area contributed by atoms with Crippen molar-refractivity contribution in [2.45, 2.75) is 19.9 Å². The molecule has 31 heavy (non-hydrogen) atoms. The van der Waals surface area contributed by atoms with Gasteiger partial charge in [-0.15, -0.1) is 0 Å². The van der Waals surface area contributed by atoms with Crippen molar-refractivity contribution in [2.75, 3.05) is 26.2 Å². The first kappa shape index (κ1) is 20.7. The van der Waals surface area contributed by atoms with Gasteiger partial charge in [-0.25, -0.2) is 0 Å². The van der Waals surface area contributed by atoms with Gasteiger partial charge in [-0.05, 0) is 31.5 Å². The summed E-state index contributed by atoms with van der Waals surface area (Å²) in [7, 11) is 0. The van der Waals surface area contributed by atoms with Gasteiger partial charge in [-0.1, -0.05) is 24.3 Å². The lowest BCUT2D eigenvalue weighted by molar-refractivity contribution is -0.895. The number of para-hydroxylation sites is 1. The third kappa shape index (κ3) is 3.59. The second-order valence-corrected chi connectivity index (χ2v) is 7.63. The number of likely N-dealkylation sites (N-methyl/N-ethyl adjacent to an activating group) is 1. The number of nitro groups is 1. The topological polar surface area (TPSA) is 98.1 Å². The first-order valence-electron chi connectivity index (χ1n) is 10.4. The second kappa shape index (κ2) is 8.31. The van der Waals surface area contributed by atoms with Crippen LogP contribution in [0.25, 0.3) is 11.0 Å². The standard InChI is InChI=1S/C23H23N3O5/c1-3-24(4-2)12-13-25-20(15-8-7-9-16(14-15)26(29)30)19-21(27)17-10-5-6-11-18(17)31-22(19)23(25)28/h5-11,14,20H,3-4,12-13H2,1-2H3/p+1/t20-/m1/s1. The van der Waals surface area contributed by atoms with E-state index in [1.54, 1.807) is 41.3 Å². The van der Waals surface area contributed by atoms with Crippen LogP contribution in [0.3, 0.4) is 0 Å².